The molecule has 0 atom stereocenters. The van der Waals surface area contributed by atoms with E-state index in [9.17, 15) is 9.59 Å². The highest BCUT2D eigenvalue weighted by atomic mass is 16.4. The van der Waals surface area contributed by atoms with Crippen LogP contribution >= 0.6 is 0 Å². The van der Waals surface area contributed by atoms with Crippen LogP contribution in [0.25, 0.3) is 5.69 Å². The second-order valence-electron chi connectivity index (χ2n) is 8.80. The lowest BCUT2D eigenvalue weighted by Gasteiger charge is -2.37. The number of aryl methyl sites for hydroxylation is 2. The average molecular weight is 462 g/mol. The van der Waals surface area contributed by atoms with Crippen LogP contribution < -0.4 is 10.2 Å². The normalized spacial score (nSPS) is 14.3. The molecule has 4 rings (SSSR count). The van der Waals surface area contributed by atoms with Gasteiger partial charge in [-0.25, -0.2) is 9.48 Å². The standard InChI is InChI=1S/C26H31N5O3/c1-18-5-4-6-24(20(18)3)30-13-11-29(12-14-30)17-27-25(32)16-22-15-19(2)31(28-22)23-9-7-21(8-10-23)26(33)34/h4-10,15H,11-14,16-17H2,1-3H3,(H,27,32)(H,33,34). The van der Waals surface area contributed by atoms with E-state index in [0.717, 1.165) is 37.6 Å². The molecule has 1 amide bonds. The van der Waals surface area contributed by atoms with E-state index in [4.69, 9.17) is 5.11 Å². The Balaban J connectivity index is 1.27. The third kappa shape index (κ3) is 5.28. The molecule has 0 bridgehead atoms. The van der Waals surface area contributed by atoms with Crippen molar-refractivity contribution in [3.8, 4) is 5.69 Å². The van der Waals surface area contributed by atoms with Crippen molar-refractivity contribution in [1.29, 1.82) is 0 Å². The van der Waals surface area contributed by atoms with Gasteiger partial charge >= 0.3 is 5.97 Å². The van der Waals surface area contributed by atoms with Crippen molar-refractivity contribution in [1.82, 2.24) is 20.0 Å². The third-order valence-corrected chi connectivity index (χ3v) is 6.43. The van der Waals surface area contributed by atoms with Gasteiger partial charge in [0.2, 0.25) is 5.91 Å². The molecule has 1 fully saturated rings. The number of aromatic nitrogens is 2. The molecule has 8 heteroatoms. The number of carboxylic acids is 1. The molecule has 34 heavy (non-hydrogen) atoms. The van der Waals surface area contributed by atoms with Crippen LogP contribution in [-0.2, 0) is 11.2 Å². The van der Waals surface area contributed by atoms with Crippen molar-refractivity contribution in [2.75, 3.05) is 37.7 Å². The SMILES string of the molecule is Cc1cccc(N2CCN(CNC(=O)Cc3cc(C)n(-c4ccc(C(=O)O)cc4)n3)CC2)c1C. The van der Waals surface area contributed by atoms with E-state index in [-0.39, 0.29) is 17.9 Å². The Morgan fingerprint density at radius 2 is 1.71 bits per heavy atom. The molecule has 0 spiro atoms. The number of hydrogen-bond acceptors (Lipinski definition) is 5. The Kier molecular flexibility index (Phi) is 6.98. The van der Waals surface area contributed by atoms with Gasteiger partial charge in [0.25, 0.3) is 0 Å². The van der Waals surface area contributed by atoms with Gasteiger partial charge in [-0.15, -0.1) is 0 Å². The largest absolute Gasteiger partial charge is 0.478 e. The zero-order valence-corrected chi connectivity index (χ0v) is 19.9. The monoisotopic (exact) mass is 461 g/mol. The summed E-state index contributed by atoms with van der Waals surface area (Å²) in [6.45, 7) is 10.4. The Labute approximate surface area is 199 Å². The number of aromatic carboxylic acids is 1. The van der Waals surface area contributed by atoms with Gasteiger partial charge in [0.15, 0.2) is 0 Å². The topological polar surface area (TPSA) is 90.7 Å². The number of carboxylic acid groups (broad SMARTS) is 1. The number of nitrogens with one attached hydrogen (secondary N) is 1. The molecule has 0 unspecified atom stereocenters. The fraction of sp³-hybridized carbons (Fsp3) is 0.346. The van der Waals surface area contributed by atoms with Crippen LogP contribution in [0.2, 0.25) is 0 Å². The van der Waals surface area contributed by atoms with Crippen molar-refractivity contribution >= 4 is 17.6 Å². The first-order valence-electron chi connectivity index (χ1n) is 11.5. The first-order chi connectivity index (χ1) is 16.3. The fourth-order valence-electron chi connectivity index (χ4n) is 4.28. The number of carbonyl (C=O) groups excluding carboxylic acids is 1. The number of nitrogens with zero attached hydrogens (tertiary/aromatic N) is 4. The van der Waals surface area contributed by atoms with Crippen molar-refractivity contribution < 1.29 is 14.7 Å². The number of piperazine rings is 1. The summed E-state index contributed by atoms with van der Waals surface area (Å²) in [5.41, 5.74) is 6.48. The van der Waals surface area contributed by atoms with E-state index in [1.165, 1.54) is 16.8 Å². The van der Waals surface area contributed by atoms with Gasteiger partial charge in [0.1, 0.15) is 0 Å². The fourth-order valence-corrected chi connectivity index (χ4v) is 4.28. The Hall–Kier alpha value is -3.65. The van der Waals surface area contributed by atoms with Gasteiger partial charge in [-0.05, 0) is 68.3 Å². The van der Waals surface area contributed by atoms with E-state index in [0.29, 0.717) is 12.4 Å². The van der Waals surface area contributed by atoms with Crippen LogP contribution in [0, 0.1) is 20.8 Å². The van der Waals surface area contributed by atoms with E-state index < -0.39 is 5.97 Å². The summed E-state index contributed by atoms with van der Waals surface area (Å²) < 4.78 is 1.72. The first-order valence-corrected chi connectivity index (χ1v) is 11.5. The van der Waals surface area contributed by atoms with Gasteiger partial charge in [0, 0.05) is 37.6 Å². The number of benzene rings is 2. The molecule has 1 aliphatic rings. The molecule has 1 saturated heterocycles. The lowest BCUT2D eigenvalue weighted by molar-refractivity contribution is -0.121. The van der Waals surface area contributed by atoms with E-state index in [1.54, 1.807) is 28.9 Å². The summed E-state index contributed by atoms with van der Waals surface area (Å²) in [4.78, 5) is 28.3. The zero-order chi connectivity index (χ0) is 24.2. The maximum Gasteiger partial charge on any atom is 0.335 e. The summed E-state index contributed by atoms with van der Waals surface area (Å²) >= 11 is 0. The lowest BCUT2D eigenvalue weighted by atomic mass is 10.1. The third-order valence-electron chi connectivity index (χ3n) is 6.43. The summed E-state index contributed by atoms with van der Waals surface area (Å²) in [6, 6.07) is 14.8. The number of rotatable bonds is 7. The maximum absolute atomic E-state index is 12.5. The van der Waals surface area contributed by atoms with Crippen LogP contribution in [0.15, 0.2) is 48.5 Å². The molecule has 3 aromatic rings. The first kappa shape index (κ1) is 23.5. The van der Waals surface area contributed by atoms with Gasteiger partial charge in [0.05, 0.1) is 30.0 Å². The van der Waals surface area contributed by atoms with Crippen LogP contribution in [0.1, 0.15) is 32.9 Å². The van der Waals surface area contributed by atoms with Crippen LogP contribution in [0.3, 0.4) is 0 Å². The minimum atomic E-state index is -0.965. The number of carbonyl (C=O) groups is 2. The van der Waals surface area contributed by atoms with Crippen LogP contribution in [0.5, 0.6) is 0 Å². The molecule has 2 aromatic carbocycles. The Morgan fingerprint density at radius 3 is 2.38 bits per heavy atom. The molecule has 1 aromatic heterocycles. The lowest BCUT2D eigenvalue weighted by Crippen LogP contribution is -2.50. The summed E-state index contributed by atoms with van der Waals surface area (Å²) in [7, 11) is 0. The predicted molar refractivity (Wildman–Crippen MR) is 132 cm³/mol. The summed E-state index contributed by atoms with van der Waals surface area (Å²) in [5.74, 6) is -1.03. The Bertz CT molecular complexity index is 1180. The molecule has 2 heterocycles. The highest BCUT2D eigenvalue weighted by molar-refractivity contribution is 5.87. The molecule has 0 saturated carbocycles. The Morgan fingerprint density at radius 1 is 1.00 bits per heavy atom. The van der Waals surface area contributed by atoms with Crippen molar-refractivity contribution in [3.63, 3.8) is 0 Å². The zero-order valence-electron chi connectivity index (χ0n) is 19.9. The van der Waals surface area contributed by atoms with Gasteiger partial charge in [-0.1, -0.05) is 12.1 Å². The van der Waals surface area contributed by atoms with Gasteiger partial charge in [-0.2, -0.15) is 5.10 Å². The average Bonchev–Trinajstić information content (AvgIpc) is 3.19. The molecular weight excluding hydrogens is 430 g/mol. The number of anilines is 1. The van der Waals surface area contributed by atoms with Gasteiger partial charge in [-0.3, -0.25) is 9.69 Å². The summed E-state index contributed by atoms with van der Waals surface area (Å²) in [5, 5.41) is 16.6. The molecule has 8 nitrogen and oxygen atoms in total. The minimum Gasteiger partial charge on any atom is -0.478 e. The molecule has 178 valence electrons. The van der Waals surface area contributed by atoms with E-state index in [2.05, 4.69) is 52.3 Å². The minimum absolute atomic E-state index is 0.0668. The van der Waals surface area contributed by atoms with Crippen molar-refractivity contribution in [2.24, 2.45) is 0 Å². The van der Waals surface area contributed by atoms with E-state index in [1.807, 2.05) is 13.0 Å². The predicted octanol–water partition coefficient (Wildman–Crippen LogP) is 2.93. The number of hydrogen-bond donors (Lipinski definition) is 2. The highest BCUT2D eigenvalue weighted by Gasteiger charge is 2.19. The van der Waals surface area contributed by atoms with Crippen LogP contribution in [-0.4, -0.2) is 64.5 Å². The molecule has 2 N–H and O–H groups in total. The smallest absolute Gasteiger partial charge is 0.335 e. The van der Waals surface area contributed by atoms with Crippen molar-refractivity contribution in [2.45, 2.75) is 27.2 Å². The maximum atomic E-state index is 12.5. The summed E-state index contributed by atoms with van der Waals surface area (Å²) in [6.07, 6.45) is 0.198. The molecule has 1 aliphatic heterocycles. The van der Waals surface area contributed by atoms with Gasteiger partial charge < -0.3 is 15.3 Å². The number of amides is 1. The highest BCUT2D eigenvalue weighted by Crippen LogP contribution is 2.23. The molecular formula is C26H31N5O3. The second kappa shape index (κ2) is 10.1. The van der Waals surface area contributed by atoms with Crippen LogP contribution in [0.4, 0.5) is 5.69 Å². The van der Waals surface area contributed by atoms with E-state index >= 15 is 0 Å². The second-order valence-corrected chi connectivity index (χ2v) is 8.80. The quantitative estimate of drug-likeness (QED) is 0.562. The molecule has 0 aliphatic carbocycles. The van der Waals surface area contributed by atoms with Crippen molar-refractivity contribution in [3.05, 3.63) is 76.6 Å². The molecule has 0 radical (unpaired) electrons.